The molecule has 12 heavy (non-hydrogen) atoms. The van der Waals surface area contributed by atoms with E-state index in [2.05, 4.69) is 19.6 Å². The monoisotopic (exact) mass is 175 g/mol. The van der Waals surface area contributed by atoms with Gasteiger partial charge in [0, 0.05) is 5.97 Å². The summed E-state index contributed by atoms with van der Waals surface area (Å²) in [6.07, 6.45) is 5.36. The molecule has 0 aromatic carbocycles. The quantitative estimate of drug-likeness (QED) is 0.609. The molecule has 74 valence electrons. The van der Waals surface area contributed by atoms with Crippen molar-refractivity contribution in [2.24, 2.45) is 0 Å². The van der Waals surface area contributed by atoms with Crippen LogP contribution >= 0.6 is 0 Å². The fourth-order valence-electron chi connectivity index (χ4n) is 0.743. The lowest BCUT2D eigenvalue weighted by Gasteiger charge is -1.98. The third-order valence-corrected chi connectivity index (χ3v) is 1.30. The number of unbranched alkanes of at least 4 members (excludes halogenated alkanes) is 2. The minimum absolute atomic E-state index is 0.654. The van der Waals surface area contributed by atoms with Crippen LogP contribution < -0.4 is 10.8 Å². The number of rotatable bonds is 4. The third-order valence-electron chi connectivity index (χ3n) is 1.30. The van der Waals surface area contributed by atoms with Crippen molar-refractivity contribution >= 4 is 5.97 Å². The highest BCUT2D eigenvalue weighted by atomic mass is 16.4. The molecule has 0 radical (unpaired) electrons. The molecule has 3 heteroatoms. The van der Waals surface area contributed by atoms with Crippen LogP contribution in [0.5, 0.6) is 0 Å². The molecule has 0 fully saturated rings. The summed E-state index contributed by atoms with van der Waals surface area (Å²) >= 11 is 0. The molecule has 1 atom stereocenters. The molecule has 0 amide bonds. The van der Waals surface area contributed by atoms with E-state index in [4.69, 9.17) is 9.90 Å². The molecule has 3 nitrogen and oxygen atoms in total. The average molecular weight is 175 g/mol. The van der Waals surface area contributed by atoms with E-state index in [0.717, 1.165) is 6.92 Å². The minimum atomic E-state index is -1.08. The average Bonchev–Trinajstić information content (AvgIpc) is 1.86. The van der Waals surface area contributed by atoms with Gasteiger partial charge in [-0.2, -0.15) is 0 Å². The predicted molar refractivity (Wildman–Crippen MR) is 47.2 cm³/mol. The molecule has 0 spiro atoms. The molecule has 1 unspecified atom stereocenters. The second-order valence-corrected chi connectivity index (χ2v) is 3.09. The van der Waals surface area contributed by atoms with E-state index < -0.39 is 5.97 Å². The van der Waals surface area contributed by atoms with Crippen molar-refractivity contribution in [1.29, 1.82) is 0 Å². The number of carbonyl (C=O) groups is 1. The van der Waals surface area contributed by atoms with E-state index in [1.807, 2.05) is 0 Å². The number of carboxylic acids is 1. The number of hydrogen-bond donors (Lipinski definition) is 1. The summed E-state index contributed by atoms with van der Waals surface area (Å²) in [6.45, 7) is 5.38. The van der Waals surface area contributed by atoms with Crippen molar-refractivity contribution in [2.45, 2.75) is 52.5 Å². The van der Waals surface area contributed by atoms with E-state index in [1.54, 1.807) is 0 Å². The highest BCUT2D eigenvalue weighted by Gasteiger charge is 1.94. The largest absolute Gasteiger partial charge is 0.550 e. The van der Waals surface area contributed by atoms with Gasteiger partial charge in [-0.3, -0.25) is 0 Å². The Bertz CT molecular complexity index is 98.7. The van der Waals surface area contributed by atoms with Crippen LogP contribution in [0.2, 0.25) is 0 Å². The van der Waals surface area contributed by atoms with Gasteiger partial charge in [0.1, 0.15) is 0 Å². The highest BCUT2D eigenvalue weighted by molar-refractivity contribution is 5.60. The van der Waals surface area contributed by atoms with E-state index >= 15 is 0 Å². The minimum Gasteiger partial charge on any atom is -0.550 e. The Morgan fingerprint density at radius 3 is 2.17 bits per heavy atom. The molecule has 0 heterocycles. The SMILES string of the molecule is CC(=O)[O-].CCCCCC(C)[NH3+]. The van der Waals surface area contributed by atoms with Gasteiger partial charge < -0.3 is 15.6 Å². The Hall–Kier alpha value is -0.570. The zero-order chi connectivity index (χ0) is 9.98. The lowest BCUT2D eigenvalue weighted by molar-refractivity contribution is -0.415. The Balaban J connectivity index is 0. The maximum Gasteiger partial charge on any atom is 0.0815 e. The van der Waals surface area contributed by atoms with Crippen LogP contribution in [0.3, 0.4) is 0 Å². The first-order valence-electron chi connectivity index (χ1n) is 4.51. The summed E-state index contributed by atoms with van der Waals surface area (Å²) in [5.74, 6) is -1.08. The first kappa shape index (κ1) is 14.0. The molecule has 0 aliphatic heterocycles. The van der Waals surface area contributed by atoms with Crippen LogP contribution in [-0.4, -0.2) is 12.0 Å². The highest BCUT2D eigenvalue weighted by Crippen LogP contribution is 1.98. The standard InChI is InChI=1S/C7H17N.C2H4O2/c1-3-4-5-6-7(2)8;1-2(3)4/h7H,3-6,8H2,1-2H3;1H3,(H,3,4). The van der Waals surface area contributed by atoms with Gasteiger partial charge in [-0.1, -0.05) is 19.8 Å². The van der Waals surface area contributed by atoms with Crippen molar-refractivity contribution in [1.82, 2.24) is 0 Å². The van der Waals surface area contributed by atoms with Gasteiger partial charge in [0.25, 0.3) is 0 Å². The molecule has 0 saturated heterocycles. The summed E-state index contributed by atoms with van der Waals surface area (Å²) in [5, 5.41) is 8.89. The molecule has 0 aliphatic carbocycles. The predicted octanol–water partition coefficient (Wildman–Crippen LogP) is -0.0467. The van der Waals surface area contributed by atoms with Crippen molar-refractivity contribution in [3.63, 3.8) is 0 Å². The van der Waals surface area contributed by atoms with E-state index in [1.165, 1.54) is 25.7 Å². The van der Waals surface area contributed by atoms with Gasteiger partial charge in [-0.25, -0.2) is 0 Å². The molecule has 0 saturated carbocycles. The van der Waals surface area contributed by atoms with Crippen LogP contribution in [0.15, 0.2) is 0 Å². The molecule has 0 bridgehead atoms. The number of carbonyl (C=O) groups excluding carboxylic acids is 1. The number of aliphatic carboxylic acids is 1. The smallest absolute Gasteiger partial charge is 0.0815 e. The van der Waals surface area contributed by atoms with Crippen LogP contribution in [-0.2, 0) is 4.79 Å². The molecule has 0 aromatic heterocycles. The van der Waals surface area contributed by atoms with Crippen LogP contribution in [0.25, 0.3) is 0 Å². The van der Waals surface area contributed by atoms with Gasteiger partial charge in [0.2, 0.25) is 0 Å². The van der Waals surface area contributed by atoms with Crippen LogP contribution in [0, 0.1) is 0 Å². The normalized spacial score (nSPS) is 11.3. The van der Waals surface area contributed by atoms with Crippen molar-refractivity contribution in [3.8, 4) is 0 Å². The molecule has 3 N–H and O–H groups in total. The summed E-state index contributed by atoms with van der Waals surface area (Å²) in [5.41, 5.74) is 3.91. The van der Waals surface area contributed by atoms with Crippen molar-refractivity contribution in [2.75, 3.05) is 0 Å². The van der Waals surface area contributed by atoms with Gasteiger partial charge in [-0.05, 0) is 26.7 Å². The van der Waals surface area contributed by atoms with E-state index in [9.17, 15) is 0 Å². The Kier molecular flexibility index (Phi) is 12.2. The molecule has 0 aromatic rings. The topological polar surface area (TPSA) is 67.8 Å². The van der Waals surface area contributed by atoms with Gasteiger partial charge in [0.15, 0.2) is 0 Å². The summed E-state index contributed by atoms with van der Waals surface area (Å²) < 4.78 is 0. The zero-order valence-electron chi connectivity index (χ0n) is 8.43. The first-order valence-corrected chi connectivity index (χ1v) is 4.51. The molecular weight excluding hydrogens is 154 g/mol. The van der Waals surface area contributed by atoms with Crippen molar-refractivity contribution in [3.05, 3.63) is 0 Å². The number of carboxylic acid groups (broad SMARTS) is 1. The lowest BCUT2D eigenvalue weighted by atomic mass is 10.1. The summed E-state index contributed by atoms with van der Waals surface area (Å²) in [7, 11) is 0. The molecule has 0 rings (SSSR count). The summed E-state index contributed by atoms with van der Waals surface area (Å²) in [4.78, 5) is 8.89. The zero-order valence-corrected chi connectivity index (χ0v) is 8.43. The summed E-state index contributed by atoms with van der Waals surface area (Å²) in [6, 6.07) is 0.654. The first-order chi connectivity index (χ1) is 5.50. The number of hydrogen-bond acceptors (Lipinski definition) is 2. The van der Waals surface area contributed by atoms with Crippen LogP contribution in [0.1, 0.15) is 46.5 Å². The molecule has 0 aliphatic rings. The van der Waals surface area contributed by atoms with Gasteiger partial charge in [0.05, 0.1) is 6.04 Å². The van der Waals surface area contributed by atoms with E-state index in [-0.39, 0.29) is 0 Å². The maximum atomic E-state index is 8.89. The maximum absolute atomic E-state index is 8.89. The second kappa shape index (κ2) is 10.4. The van der Waals surface area contributed by atoms with E-state index in [0.29, 0.717) is 6.04 Å². The lowest BCUT2D eigenvalue weighted by Crippen LogP contribution is -2.58. The third kappa shape index (κ3) is 34.1. The number of quaternary nitrogens is 1. The Labute approximate surface area is 75.0 Å². The Morgan fingerprint density at radius 1 is 1.50 bits per heavy atom. The molecular formula is C9H21NO2. The Morgan fingerprint density at radius 2 is 1.92 bits per heavy atom. The van der Waals surface area contributed by atoms with Gasteiger partial charge in [-0.15, -0.1) is 0 Å². The fraction of sp³-hybridized carbons (Fsp3) is 0.889. The second-order valence-electron chi connectivity index (χ2n) is 3.09. The van der Waals surface area contributed by atoms with Crippen LogP contribution in [0.4, 0.5) is 0 Å². The van der Waals surface area contributed by atoms with Crippen molar-refractivity contribution < 1.29 is 15.6 Å². The van der Waals surface area contributed by atoms with Gasteiger partial charge >= 0.3 is 0 Å². The fourth-order valence-corrected chi connectivity index (χ4v) is 0.743.